The van der Waals surface area contributed by atoms with E-state index in [9.17, 15) is 14.7 Å². The molecule has 4 rings (SSSR count). The van der Waals surface area contributed by atoms with Crippen molar-refractivity contribution >= 4 is 17.4 Å². The average molecular weight is 479 g/mol. The number of hydrogen-bond donors (Lipinski definition) is 1. The van der Waals surface area contributed by atoms with Crippen LogP contribution in [-0.4, -0.2) is 73.1 Å². The first kappa shape index (κ1) is 24.9. The fraction of sp³-hybridized carbons (Fsp3) is 0.429. The van der Waals surface area contributed by atoms with Crippen molar-refractivity contribution in [3.05, 3.63) is 70.8 Å². The molecule has 2 saturated heterocycles. The molecule has 0 bridgehead atoms. The number of likely N-dealkylation sites (tertiary alicyclic amines) is 1. The number of nitrogens with zero attached hydrogens (tertiary/aromatic N) is 2. The molecule has 2 fully saturated rings. The van der Waals surface area contributed by atoms with Crippen molar-refractivity contribution in [2.75, 3.05) is 46.5 Å². The second-order valence-electron chi connectivity index (χ2n) is 10.0. The monoisotopic (exact) mass is 478 g/mol. The SMILES string of the molecule is COc1ccc(C(O)=C2C(=O)C(=O)N(CCN3CCOCC3)C2c2ccc(C(C)(C)C)cc2)cc1. The Balaban J connectivity index is 1.74. The third-order valence-electron chi connectivity index (χ3n) is 6.76. The molecule has 0 saturated carbocycles. The van der Waals surface area contributed by atoms with Crippen molar-refractivity contribution in [2.45, 2.75) is 32.2 Å². The Labute approximate surface area is 206 Å². The van der Waals surface area contributed by atoms with E-state index in [0.29, 0.717) is 37.6 Å². The van der Waals surface area contributed by atoms with Crippen LogP contribution in [0.2, 0.25) is 0 Å². The zero-order valence-electron chi connectivity index (χ0n) is 20.9. The number of aliphatic hydroxyl groups excluding tert-OH is 1. The minimum atomic E-state index is -0.662. The molecule has 7 nitrogen and oxygen atoms in total. The van der Waals surface area contributed by atoms with E-state index in [-0.39, 0.29) is 16.7 Å². The maximum Gasteiger partial charge on any atom is 0.295 e. The first-order valence-electron chi connectivity index (χ1n) is 12.0. The predicted octanol–water partition coefficient (Wildman–Crippen LogP) is 3.75. The van der Waals surface area contributed by atoms with E-state index in [1.807, 2.05) is 24.3 Å². The van der Waals surface area contributed by atoms with Gasteiger partial charge in [0.1, 0.15) is 11.5 Å². The predicted molar refractivity (Wildman–Crippen MR) is 134 cm³/mol. The van der Waals surface area contributed by atoms with E-state index in [2.05, 4.69) is 25.7 Å². The van der Waals surface area contributed by atoms with Gasteiger partial charge in [0.15, 0.2) is 0 Å². The molecule has 0 spiro atoms. The van der Waals surface area contributed by atoms with E-state index in [1.54, 1.807) is 36.3 Å². The van der Waals surface area contributed by atoms with Gasteiger partial charge in [0.2, 0.25) is 0 Å². The van der Waals surface area contributed by atoms with Crippen LogP contribution < -0.4 is 4.74 Å². The Hall–Kier alpha value is -3.16. The van der Waals surface area contributed by atoms with Crippen LogP contribution >= 0.6 is 0 Å². The molecule has 0 radical (unpaired) electrons. The van der Waals surface area contributed by atoms with Crippen LogP contribution in [0.4, 0.5) is 0 Å². The molecule has 1 atom stereocenters. The van der Waals surface area contributed by atoms with Gasteiger partial charge in [0.25, 0.3) is 11.7 Å². The summed E-state index contributed by atoms with van der Waals surface area (Å²) in [6.07, 6.45) is 0. The van der Waals surface area contributed by atoms with Gasteiger partial charge >= 0.3 is 0 Å². The van der Waals surface area contributed by atoms with Crippen molar-refractivity contribution < 1.29 is 24.2 Å². The summed E-state index contributed by atoms with van der Waals surface area (Å²) in [7, 11) is 1.57. The molecule has 1 amide bonds. The Morgan fingerprint density at radius 3 is 2.20 bits per heavy atom. The fourth-order valence-corrected chi connectivity index (χ4v) is 4.60. The number of amides is 1. The van der Waals surface area contributed by atoms with Crippen LogP contribution in [0.5, 0.6) is 5.75 Å². The molecular formula is C28H34N2O5. The first-order valence-corrected chi connectivity index (χ1v) is 12.0. The van der Waals surface area contributed by atoms with Crippen molar-refractivity contribution in [1.82, 2.24) is 9.80 Å². The third kappa shape index (κ3) is 5.26. The lowest BCUT2D eigenvalue weighted by Crippen LogP contribution is -2.42. The van der Waals surface area contributed by atoms with E-state index in [0.717, 1.165) is 24.2 Å². The number of carbonyl (C=O) groups excluding carboxylic acids is 2. The van der Waals surface area contributed by atoms with Crippen LogP contribution in [0.1, 0.15) is 43.5 Å². The number of aliphatic hydroxyl groups is 1. The maximum absolute atomic E-state index is 13.2. The summed E-state index contributed by atoms with van der Waals surface area (Å²) in [4.78, 5) is 30.3. The third-order valence-corrected chi connectivity index (χ3v) is 6.76. The highest BCUT2D eigenvalue weighted by Gasteiger charge is 2.46. The van der Waals surface area contributed by atoms with Gasteiger partial charge in [-0.25, -0.2) is 0 Å². The number of Topliss-reactive ketones (excluding diaryl/α,β-unsaturated/α-hetero) is 1. The zero-order chi connectivity index (χ0) is 25.2. The highest BCUT2D eigenvalue weighted by Crippen LogP contribution is 2.40. The summed E-state index contributed by atoms with van der Waals surface area (Å²) in [6, 6.07) is 14.1. The summed E-state index contributed by atoms with van der Waals surface area (Å²) in [6.45, 7) is 10.3. The van der Waals surface area contributed by atoms with Gasteiger partial charge in [0.05, 0.1) is 31.9 Å². The average Bonchev–Trinajstić information content (AvgIpc) is 3.12. The van der Waals surface area contributed by atoms with Crippen LogP contribution in [0.25, 0.3) is 5.76 Å². The topological polar surface area (TPSA) is 79.3 Å². The lowest BCUT2D eigenvalue weighted by molar-refractivity contribution is -0.140. The molecular weight excluding hydrogens is 444 g/mol. The smallest absolute Gasteiger partial charge is 0.295 e. The lowest BCUT2D eigenvalue weighted by atomic mass is 9.85. The second-order valence-corrected chi connectivity index (χ2v) is 10.0. The number of ketones is 1. The number of rotatable bonds is 6. The lowest BCUT2D eigenvalue weighted by Gasteiger charge is -2.31. The summed E-state index contributed by atoms with van der Waals surface area (Å²) >= 11 is 0. The van der Waals surface area contributed by atoms with Crippen molar-refractivity contribution in [1.29, 1.82) is 0 Å². The number of hydrogen-bond acceptors (Lipinski definition) is 6. The number of benzene rings is 2. The number of carbonyl (C=O) groups is 2. The molecule has 1 unspecified atom stereocenters. The normalized spacial score (nSPS) is 20.9. The summed E-state index contributed by atoms with van der Waals surface area (Å²) in [5.74, 6) is -0.782. The molecule has 2 aliphatic heterocycles. The Bertz CT molecular complexity index is 1090. The van der Waals surface area contributed by atoms with E-state index < -0.39 is 17.7 Å². The highest BCUT2D eigenvalue weighted by atomic mass is 16.5. The largest absolute Gasteiger partial charge is 0.507 e. The number of morpholine rings is 1. The maximum atomic E-state index is 13.2. The number of ether oxygens (including phenoxy) is 2. The molecule has 7 heteroatoms. The minimum Gasteiger partial charge on any atom is -0.507 e. The standard InChI is InChI=1S/C28H34N2O5/c1-28(2,3)21-9-5-19(6-10-21)24-23(25(31)20-7-11-22(34-4)12-8-20)26(32)27(33)30(24)14-13-29-15-17-35-18-16-29/h5-12,24,31H,13-18H2,1-4H3. The summed E-state index contributed by atoms with van der Waals surface area (Å²) in [5, 5.41) is 11.2. The first-order chi connectivity index (χ1) is 16.7. The summed E-state index contributed by atoms with van der Waals surface area (Å²) < 4.78 is 10.6. The molecule has 186 valence electrons. The molecule has 2 heterocycles. The van der Waals surface area contributed by atoms with Gasteiger partial charge in [-0.1, -0.05) is 45.0 Å². The van der Waals surface area contributed by atoms with Crippen molar-refractivity contribution in [3.63, 3.8) is 0 Å². The Kier molecular flexibility index (Phi) is 7.28. The molecule has 35 heavy (non-hydrogen) atoms. The van der Waals surface area contributed by atoms with Crippen molar-refractivity contribution in [3.8, 4) is 5.75 Å². The van der Waals surface area contributed by atoms with Crippen LogP contribution in [-0.2, 0) is 19.7 Å². The zero-order valence-corrected chi connectivity index (χ0v) is 20.9. The fourth-order valence-electron chi connectivity index (χ4n) is 4.60. The summed E-state index contributed by atoms with van der Waals surface area (Å²) in [5.41, 5.74) is 2.51. The number of methoxy groups -OCH3 is 1. The molecule has 0 aromatic heterocycles. The van der Waals surface area contributed by atoms with E-state index >= 15 is 0 Å². The van der Waals surface area contributed by atoms with Gasteiger partial charge < -0.3 is 19.5 Å². The van der Waals surface area contributed by atoms with E-state index in [4.69, 9.17) is 9.47 Å². The molecule has 2 aromatic carbocycles. The Morgan fingerprint density at radius 2 is 1.63 bits per heavy atom. The van der Waals surface area contributed by atoms with Gasteiger partial charge in [-0.15, -0.1) is 0 Å². The van der Waals surface area contributed by atoms with Gasteiger partial charge in [-0.2, -0.15) is 0 Å². The minimum absolute atomic E-state index is 0.0280. The second kappa shape index (κ2) is 10.2. The molecule has 0 aliphatic carbocycles. The van der Waals surface area contributed by atoms with Gasteiger partial charge in [0, 0.05) is 31.7 Å². The van der Waals surface area contributed by atoms with Crippen LogP contribution in [0.3, 0.4) is 0 Å². The van der Waals surface area contributed by atoms with Gasteiger partial charge in [-0.3, -0.25) is 14.5 Å². The quantitative estimate of drug-likeness (QED) is 0.387. The molecule has 1 N–H and O–H groups in total. The Morgan fingerprint density at radius 1 is 1.00 bits per heavy atom. The highest BCUT2D eigenvalue weighted by molar-refractivity contribution is 6.46. The van der Waals surface area contributed by atoms with E-state index in [1.165, 1.54) is 0 Å². The molecule has 2 aromatic rings. The molecule has 2 aliphatic rings. The van der Waals surface area contributed by atoms with Gasteiger partial charge in [-0.05, 0) is 40.8 Å². The van der Waals surface area contributed by atoms with Crippen LogP contribution in [0, 0.1) is 0 Å². The van der Waals surface area contributed by atoms with Crippen molar-refractivity contribution in [2.24, 2.45) is 0 Å². The van der Waals surface area contributed by atoms with Crippen LogP contribution in [0.15, 0.2) is 54.1 Å².